The van der Waals surface area contributed by atoms with E-state index in [1.807, 2.05) is 13.0 Å². The molecule has 0 unspecified atom stereocenters. The van der Waals surface area contributed by atoms with Crippen LogP contribution in [0.5, 0.6) is 0 Å². The minimum Gasteiger partial charge on any atom is -0.210 e. The van der Waals surface area contributed by atoms with Gasteiger partial charge in [0.2, 0.25) is 10.0 Å². The van der Waals surface area contributed by atoms with Crippen LogP contribution in [0.25, 0.3) is 0 Å². The van der Waals surface area contributed by atoms with Crippen LogP contribution in [0.15, 0.2) is 16.3 Å². The van der Waals surface area contributed by atoms with Gasteiger partial charge in [0.1, 0.15) is 4.21 Å². The van der Waals surface area contributed by atoms with Crippen molar-refractivity contribution in [3.8, 4) is 0 Å². The molecule has 1 rings (SSSR count). The fraction of sp³-hybridized carbons (Fsp3) is 0.429. The molecule has 0 atom stereocenters. The van der Waals surface area contributed by atoms with Gasteiger partial charge in [0, 0.05) is 15.8 Å². The number of rotatable bonds is 4. The average molecular weight is 331 g/mol. The van der Waals surface area contributed by atoms with Crippen molar-refractivity contribution in [3.63, 3.8) is 0 Å². The summed E-state index contributed by atoms with van der Waals surface area (Å²) in [5.41, 5.74) is 0. The average Bonchev–Trinajstić information content (AvgIpc) is 2.49. The second-order valence-corrected chi connectivity index (χ2v) is 6.81. The van der Waals surface area contributed by atoms with E-state index in [4.69, 9.17) is 0 Å². The Kier molecular flexibility index (Phi) is 4.14. The highest BCUT2D eigenvalue weighted by atomic mass is 127. The predicted octanol–water partition coefficient (Wildman–Crippen LogP) is 1.77. The van der Waals surface area contributed by atoms with E-state index in [-0.39, 0.29) is 0 Å². The number of alkyl halides is 1. The minimum atomic E-state index is -3.24. The molecule has 1 N–H and O–H groups in total. The van der Waals surface area contributed by atoms with E-state index >= 15 is 0 Å². The molecule has 0 radical (unpaired) electrons. The molecule has 0 spiro atoms. The molecule has 1 aromatic heterocycles. The zero-order valence-corrected chi connectivity index (χ0v) is 10.9. The van der Waals surface area contributed by atoms with E-state index in [2.05, 4.69) is 27.3 Å². The van der Waals surface area contributed by atoms with Crippen LogP contribution in [0.1, 0.15) is 4.88 Å². The lowest BCUT2D eigenvalue weighted by Gasteiger charge is -2.00. The van der Waals surface area contributed by atoms with Gasteiger partial charge in [-0.25, -0.2) is 13.1 Å². The number of sulfonamides is 1. The Bertz CT molecular complexity index is 372. The smallest absolute Gasteiger partial charge is 0.210 e. The van der Waals surface area contributed by atoms with Crippen molar-refractivity contribution in [2.24, 2.45) is 0 Å². The van der Waals surface area contributed by atoms with Gasteiger partial charge >= 0.3 is 0 Å². The summed E-state index contributed by atoms with van der Waals surface area (Å²) in [6.07, 6.45) is 0. The van der Waals surface area contributed by atoms with E-state index in [0.29, 0.717) is 10.8 Å². The minimum absolute atomic E-state index is 0.398. The summed E-state index contributed by atoms with van der Waals surface area (Å²) in [5.74, 6) is 0. The summed E-state index contributed by atoms with van der Waals surface area (Å²) in [4.78, 5) is 1.01. The highest BCUT2D eigenvalue weighted by molar-refractivity contribution is 14.1. The molecule has 74 valence electrons. The van der Waals surface area contributed by atoms with Crippen molar-refractivity contribution >= 4 is 44.0 Å². The fourth-order valence-electron chi connectivity index (χ4n) is 0.801. The second kappa shape index (κ2) is 4.72. The van der Waals surface area contributed by atoms with E-state index < -0.39 is 10.0 Å². The molecule has 0 saturated heterocycles. The lowest BCUT2D eigenvalue weighted by molar-refractivity contribution is 0.586. The zero-order chi connectivity index (χ0) is 9.90. The van der Waals surface area contributed by atoms with Gasteiger partial charge < -0.3 is 0 Å². The molecule has 0 saturated carbocycles. The highest BCUT2D eigenvalue weighted by Crippen LogP contribution is 2.19. The van der Waals surface area contributed by atoms with Gasteiger partial charge in [-0.3, -0.25) is 0 Å². The second-order valence-electron chi connectivity index (χ2n) is 2.45. The summed E-state index contributed by atoms with van der Waals surface area (Å²) in [6, 6.07) is 3.44. The van der Waals surface area contributed by atoms with Crippen LogP contribution in [-0.4, -0.2) is 19.4 Å². The third-order valence-electron chi connectivity index (χ3n) is 1.37. The molecule has 1 heterocycles. The van der Waals surface area contributed by atoms with Gasteiger partial charge in [-0.05, 0) is 19.1 Å². The Hall–Kier alpha value is 0.340. The summed E-state index contributed by atoms with van der Waals surface area (Å²) in [5, 5.41) is 0. The Labute approximate surface area is 95.7 Å². The third kappa shape index (κ3) is 3.19. The van der Waals surface area contributed by atoms with Crippen molar-refractivity contribution in [2.45, 2.75) is 11.1 Å². The van der Waals surface area contributed by atoms with Crippen LogP contribution in [-0.2, 0) is 10.0 Å². The number of halogens is 1. The lowest BCUT2D eigenvalue weighted by atomic mass is 10.5. The van der Waals surface area contributed by atoms with Crippen LogP contribution in [0.4, 0.5) is 0 Å². The monoisotopic (exact) mass is 331 g/mol. The van der Waals surface area contributed by atoms with Crippen molar-refractivity contribution in [1.82, 2.24) is 4.72 Å². The first-order valence-corrected chi connectivity index (χ1v) is 7.51. The van der Waals surface area contributed by atoms with Gasteiger partial charge in [-0.2, -0.15) is 0 Å². The van der Waals surface area contributed by atoms with Crippen LogP contribution in [0.3, 0.4) is 0 Å². The number of nitrogens with one attached hydrogen (secondary N) is 1. The highest BCUT2D eigenvalue weighted by Gasteiger charge is 2.14. The van der Waals surface area contributed by atoms with Gasteiger partial charge in [-0.15, -0.1) is 11.3 Å². The molecule has 0 aliphatic rings. The molecule has 3 nitrogen and oxygen atoms in total. The SMILES string of the molecule is Cc1ccc(S(=O)(=O)NCCI)s1. The van der Waals surface area contributed by atoms with Gasteiger partial charge in [-0.1, -0.05) is 22.6 Å². The van der Waals surface area contributed by atoms with Crippen molar-refractivity contribution in [1.29, 1.82) is 0 Å². The number of aryl methyl sites for hydroxylation is 1. The third-order valence-corrected chi connectivity index (χ3v) is 4.86. The molecule has 0 aliphatic carbocycles. The predicted molar refractivity (Wildman–Crippen MR) is 63.1 cm³/mol. The largest absolute Gasteiger partial charge is 0.250 e. The molecule has 0 fully saturated rings. The Morgan fingerprint density at radius 2 is 2.23 bits per heavy atom. The number of hydrogen-bond donors (Lipinski definition) is 1. The zero-order valence-electron chi connectivity index (χ0n) is 7.08. The molecular weight excluding hydrogens is 321 g/mol. The Morgan fingerprint density at radius 3 is 2.69 bits per heavy atom. The van der Waals surface area contributed by atoms with E-state index in [1.54, 1.807) is 6.07 Å². The maximum Gasteiger partial charge on any atom is 0.250 e. The first kappa shape index (κ1) is 11.4. The summed E-state index contributed by atoms with van der Waals surface area (Å²) in [7, 11) is -3.24. The molecule has 0 amide bonds. The Morgan fingerprint density at radius 1 is 1.54 bits per heavy atom. The quantitative estimate of drug-likeness (QED) is 0.675. The maximum absolute atomic E-state index is 11.5. The van der Waals surface area contributed by atoms with Crippen molar-refractivity contribution < 1.29 is 8.42 Å². The molecule has 0 bridgehead atoms. The molecule has 0 aromatic carbocycles. The number of hydrogen-bond acceptors (Lipinski definition) is 3. The summed E-state index contributed by atoms with van der Waals surface area (Å²) >= 11 is 3.42. The molecule has 13 heavy (non-hydrogen) atoms. The fourth-order valence-corrected chi connectivity index (χ4v) is 3.80. The van der Waals surface area contributed by atoms with Gasteiger partial charge in [0.15, 0.2) is 0 Å². The molecular formula is C7H10INO2S2. The van der Waals surface area contributed by atoms with E-state index in [1.165, 1.54) is 11.3 Å². The first-order chi connectivity index (χ1) is 6.06. The normalized spacial score (nSPS) is 11.8. The van der Waals surface area contributed by atoms with Gasteiger partial charge in [0.25, 0.3) is 0 Å². The van der Waals surface area contributed by atoms with E-state index in [0.717, 1.165) is 9.30 Å². The van der Waals surface area contributed by atoms with E-state index in [9.17, 15) is 8.42 Å². The van der Waals surface area contributed by atoms with Crippen molar-refractivity contribution in [2.75, 3.05) is 11.0 Å². The first-order valence-electron chi connectivity index (χ1n) is 3.68. The van der Waals surface area contributed by atoms with Crippen LogP contribution < -0.4 is 4.72 Å². The standard InChI is InChI=1S/C7H10INO2S2/c1-6-2-3-7(12-6)13(10,11)9-5-4-8/h2-3,9H,4-5H2,1H3. The molecule has 0 aliphatic heterocycles. The number of thiophene rings is 1. The topological polar surface area (TPSA) is 46.2 Å². The van der Waals surface area contributed by atoms with Crippen LogP contribution in [0, 0.1) is 6.92 Å². The Balaban J connectivity index is 2.82. The molecule has 1 aromatic rings. The van der Waals surface area contributed by atoms with Gasteiger partial charge in [0.05, 0.1) is 0 Å². The molecule has 6 heteroatoms. The van der Waals surface area contributed by atoms with Crippen LogP contribution >= 0.6 is 33.9 Å². The van der Waals surface area contributed by atoms with Crippen molar-refractivity contribution in [3.05, 3.63) is 17.0 Å². The summed E-state index contributed by atoms with van der Waals surface area (Å²) in [6.45, 7) is 2.38. The maximum atomic E-state index is 11.5. The lowest BCUT2D eigenvalue weighted by Crippen LogP contribution is -2.24. The summed E-state index contributed by atoms with van der Waals surface area (Å²) < 4.78 is 26.7. The van der Waals surface area contributed by atoms with Crippen LogP contribution in [0.2, 0.25) is 0 Å².